The van der Waals surface area contributed by atoms with Gasteiger partial charge in [0, 0.05) is 47.0 Å². The lowest BCUT2D eigenvalue weighted by Gasteiger charge is -2.26. The zero-order chi connectivity index (χ0) is 35.2. The maximum absolute atomic E-state index is 14.4. The van der Waals surface area contributed by atoms with Crippen LogP contribution in [0.5, 0.6) is 0 Å². The molecule has 0 bridgehead atoms. The second-order valence-corrected chi connectivity index (χ2v) is 12.2. The Morgan fingerprint density at radius 1 is 0.765 bits per heavy atom. The number of benzene rings is 5. The molecular formula is C39H34Cl2FN5O4. The van der Waals surface area contributed by atoms with Crippen molar-refractivity contribution < 1.29 is 23.6 Å². The molecule has 1 aliphatic heterocycles. The van der Waals surface area contributed by atoms with Gasteiger partial charge in [-0.25, -0.2) is 4.39 Å². The van der Waals surface area contributed by atoms with Crippen LogP contribution in [0.25, 0.3) is 0 Å². The van der Waals surface area contributed by atoms with Gasteiger partial charge in [-0.15, -0.1) is 12.4 Å². The second-order valence-electron chi connectivity index (χ2n) is 11.7. The topological polar surface area (TPSA) is 125 Å². The van der Waals surface area contributed by atoms with E-state index >= 15 is 0 Å². The molecule has 4 amide bonds. The number of halogens is 3. The molecule has 0 aromatic heterocycles. The Hall–Kier alpha value is -5.55. The zero-order valence-corrected chi connectivity index (χ0v) is 28.8. The number of carbonyl (C=O) groups is 4. The van der Waals surface area contributed by atoms with E-state index in [4.69, 9.17) is 17.3 Å². The number of anilines is 4. The van der Waals surface area contributed by atoms with Crippen LogP contribution in [-0.2, 0) is 34.0 Å². The van der Waals surface area contributed by atoms with Crippen molar-refractivity contribution in [3.8, 4) is 0 Å². The molecular weight excluding hydrogens is 692 g/mol. The maximum atomic E-state index is 14.4. The van der Waals surface area contributed by atoms with Crippen molar-refractivity contribution in [3.63, 3.8) is 0 Å². The average molecular weight is 727 g/mol. The molecule has 0 radical (unpaired) electrons. The molecule has 1 unspecified atom stereocenters. The molecule has 0 saturated heterocycles. The molecule has 0 fully saturated rings. The Bertz CT molecular complexity index is 2040. The van der Waals surface area contributed by atoms with E-state index in [1.807, 2.05) is 0 Å². The quantitative estimate of drug-likeness (QED) is 0.132. The summed E-state index contributed by atoms with van der Waals surface area (Å²) < 4.78 is 14.3. The smallest absolute Gasteiger partial charge is 0.255 e. The SMILES string of the molecule is Cl.NCc1ccc(N2C(=O)C(CC(=O)NCc3ccccc3F)C(=O)N(Cc3ccc(NC(=O)c4ccc(Cl)cc4)cc3)c3ccccc32)cc1. The second kappa shape index (κ2) is 16.4. The van der Waals surface area contributed by atoms with Crippen molar-refractivity contribution in [1.29, 1.82) is 0 Å². The summed E-state index contributed by atoms with van der Waals surface area (Å²) in [5.41, 5.74) is 10.1. The molecule has 1 atom stereocenters. The Morgan fingerprint density at radius 2 is 1.39 bits per heavy atom. The first kappa shape index (κ1) is 36.7. The van der Waals surface area contributed by atoms with Gasteiger partial charge >= 0.3 is 0 Å². The number of rotatable bonds is 10. The maximum Gasteiger partial charge on any atom is 0.255 e. The van der Waals surface area contributed by atoms with Gasteiger partial charge in [-0.2, -0.15) is 0 Å². The molecule has 9 nitrogen and oxygen atoms in total. The number of hydrogen-bond donors (Lipinski definition) is 3. The summed E-state index contributed by atoms with van der Waals surface area (Å²) >= 11 is 5.94. The third-order valence-corrected chi connectivity index (χ3v) is 8.66. The monoisotopic (exact) mass is 725 g/mol. The van der Waals surface area contributed by atoms with E-state index < -0.39 is 35.9 Å². The molecule has 0 aliphatic carbocycles. The third-order valence-electron chi connectivity index (χ3n) is 8.41. The highest BCUT2D eigenvalue weighted by atomic mass is 35.5. The van der Waals surface area contributed by atoms with Gasteiger partial charge in [0.1, 0.15) is 11.7 Å². The highest BCUT2D eigenvalue weighted by molar-refractivity contribution is 6.30. The Balaban J connectivity index is 0.00000504. The predicted octanol–water partition coefficient (Wildman–Crippen LogP) is 7.15. The summed E-state index contributed by atoms with van der Waals surface area (Å²) in [6.45, 7) is 0.281. The predicted molar refractivity (Wildman–Crippen MR) is 199 cm³/mol. The van der Waals surface area contributed by atoms with Crippen LogP contribution >= 0.6 is 24.0 Å². The van der Waals surface area contributed by atoms with Crippen molar-refractivity contribution in [3.05, 3.63) is 154 Å². The lowest BCUT2D eigenvalue weighted by Crippen LogP contribution is -2.43. The Labute approximate surface area is 305 Å². The van der Waals surface area contributed by atoms with Crippen molar-refractivity contribution in [2.45, 2.75) is 26.1 Å². The van der Waals surface area contributed by atoms with Crippen LogP contribution in [0.1, 0.15) is 33.5 Å². The molecule has 0 saturated carbocycles. The highest BCUT2D eigenvalue weighted by Gasteiger charge is 2.42. The minimum absolute atomic E-state index is 0. The zero-order valence-electron chi connectivity index (χ0n) is 27.2. The minimum Gasteiger partial charge on any atom is -0.352 e. The number of carbonyl (C=O) groups excluding carboxylic acids is 4. The van der Waals surface area contributed by atoms with Gasteiger partial charge in [0.2, 0.25) is 17.7 Å². The van der Waals surface area contributed by atoms with Gasteiger partial charge < -0.3 is 21.3 Å². The summed E-state index contributed by atoms with van der Waals surface area (Å²) in [4.78, 5) is 57.8. The third kappa shape index (κ3) is 8.43. The van der Waals surface area contributed by atoms with Gasteiger partial charge in [0.15, 0.2) is 0 Å². The van der Waals surface area contributed by atoms with Crippen LogP contribution in [0.3, 0.4) is 0 Å². The lowest BCUT2D eigenvalue weighted by molar-refractivity contribution is -0.136. The lowest BCUT2D eigenvalue weighted by atomic mass is 10.0. The van der Waals surface area contributed by atoms with Crippen LogP contribution in [0.4, 0.5) is 27.1 Å². The number of nitrogens with one attached hydrogen (secondary N) is 2. The highest BCUT2D eigenvalue weighted by Crippen LogP contribution is 2.40. The molecule has 5 aromatic carbocycles. The summed E-state index contributed by atoms with van der Waals surface area (Å²) in [6.07, 6.45) is -0.455. The van der Waals surface area contributed by atoms with Crippen molar-refractivity contribution >= 4 is 70.4 Å². The largest absolute Gasteiger partial charge is 0.352 e. The molecule has 51 heavy (non-hydrogen) atoms. The number of hydrogen-bond acceptors (Lipinski definition) is 5. The molecule has 5 aromatic rings. The molecule has 1 aliphatic rings. The van der Waals surface area contributed by atoms with E-state index in [1.165, 1.54) is 15.9 Å². The first-order valence-electron chi connectivity index (χ1n) is 15.9. The first-order chi connectivity index (χ1) is 24.2. The number of fused-ring (bicyclic) bond motifs is 1. The van der Waals surface area contributed by atoms with E-state index in [9.17, 15) is 23.6 Å². The van der Waals surface area contributed by atoms with E-state index in [0.717, 1.165) is 5.56 Å². The molecule has 12 heteroatoms. The first-order valence-corrected chi connectivity index (χ1v) is 16.3. The fourth-order valence-corrected chi connectivity index (χ4v) is 5.85. The summed E-state index contributed by atoms with van der Waals surface area (Å²) in [5.74, 6) is -3.89. The Morgan fingerprint density at radius 3 is 2.06 bits per heavy atom. The summed E-state index contributed by atoms with van der Waals surface area (Å²) in [6, 6.07) is 33.8. The molecule has 0 spiro atoms. The fraction of sp³-hybridized carbons (Fsp3) is 0.128. The number of amides is 4. The normalized spacial score (nSPS) is 13.9. The van der Waals surface area contributed by atoms with E-state index in [1.54, 1.807) is 115 Å². The van der Waals surface area contributed by atoms with Crippen molar-refractivity contribution in [1.82, 2.24) is 5.32 Å². The number of nitrogens with zero attached hydrogens (tertiary/aromatic N) is 2. The summed E-state index contributed by atoms with van der Waals surface area (Å²) in [7, 11) is 0. The molecule has 1 heterocycles. The van der Waals surface area contributed by atoms with Gasteiger partial charge in [-0.05, 0) is 77.9 Å². The van der Waals surface area contributed by atoms with Crippen molar-refractivity contribution in [2.75, 3.05) is 15.1 Å². The van der Waals surface area contributed by atoms with Gasteiger partial charge in [0.25, 0.3) is 5.91 Å². The fourth-order valence-electron chi connectivity index (χ4n) is 5.73. The van der Waals surface area contributed by atoms with Crippen LogP contribution in [0.15, 0.2) is 121 Å². The molecule has 4 N–H and O–H groups in total. The van der Waals surface area contributed by atoms with Crippen LogP contribution < -0.4 is 26.2 Å². The van der Waals surface area contributed by atoms with E-state index in [-0.39, 0.29) is 37.0 Å². The van der Waals surface area contributed by atoms with E-state index in [2.05, 4.69) is 10.6 Å². The standard InChI is InChI=1S/C39H33ClFN5O4.ClH/c40-29-15-13-27(14-16-29)37(48)44-30-17-9-26(10-18-30)24-45-34-7-3-4-8-35(34)46(31-19-11-25(22-42)12-20-31)39(50)32(38(45)49)21-36(47)43-23-28-5-1-2-6-33(28)41;/h1-20,32H,21-24,42H2,(H,43,47)(H,44,48);1H. The minimum atomic E-state index is -1.39. The van der Waals surface area contributed by atoms with Gasteiger partial charge in [-0.3, -0.25) is 24.1 Å². The van der Waals surface area contributed by atoms with Crippen molar-refractivity contribution in [2.24, 2.45) is 11.7 Å². The molecule has 260 valence electrons. The van der Waals surface area contributed by atoms with E-state index in [0.29, 0.717) is 45.4 Å². The Kier molecular flexibility index (Phi) is 11.8. The average Bonchev–Trinajstić information content (AvgIpc) is 3.21. The van der Waals surface area contributed by atoms with Crippen LogP contribution in [0, 0.1) is 11.7 Å². The number of nitrogens with two attached hydrogens (primary N) is 1. The van der Waals surface area contributed by atoms with Gasteiger partial charge in [-0.1, -0.05) is 66.2 Å². The molecule has 6 rings (SSSR count). The number of para-hydroxylation sites is 2. The van der Waals surface area contributed by atoms with Gasteiger partial charge in [0.05, 0.1) is 17.9 Å². The summed E-state index contributed by atoms with van der Waals surface area (Å²) in [5, 5.41) is 6.04. The van der Waals surface area contributed by atoms with Crippen LogP contribution in [-0.4, -0.2) is 23.6 Å². The van der Waals surface area contributed by atoms with Crippen LogP contribution in [0.2, 0.25) is 5.02 Å².